The molecule has 1 aromatic rings. The molecule has 0 aliphatic rings. The Morgan fingerprint density at radius 1 is 1.62 bits per heavy atom. The minimum Gasteiger partial charge on any atom is -0.365 e. The number of aromatic nitrogens is 1. The Labute approximate surface area is 94.5 Å². The van der Waals surface area contributed by atoms with Crippen molar-refractivity contribution >= 4 is 11.6 Å². The lowest BCUT2D eigenvalue weighted by molar-refractivity contribution is -0.120. The molecule has 1 heterocycles. The molecule has 0 radical (unpaired) electrons. The van der Waals surface area contributed by atoms with E-state index >= 15 is 0 Å². The Morgan fingerprint density at radius 2 is 2.31 bits per heavy atom. The highest BCUT2D eigenvalue weighted by Gasteiger charge is 2.08. The molecule has 4 nitrogen and oxygen atoms in total. The maximum atomic E-state index is 12.8. The molecule has 16 heavy (non-hydrogen) atoms. The molecule has 0 fully saturated rings. The van der Waals surface area contributed by atoms with Gasteiger partial charge in [-0.05, 0) is 19.9 Å². The van der Waals surface area contributed by atoms with Crippen molar-refractivity contribution in [2.45, 2.75) is 19.9 Å². The predicted molar refractivity (Wildman–Crippen MR) is 60.7 cm³/mol. The predicted octanol–water partition coefficient (Wildman–Crippen LogP) is 1.18. The maximum Gasteiger partial charge on any atom is 0.239 e. The van der Waals surface area contributed by atoms with Gasteiger partial charge in [-0.1, -0.05) is 0 Å². The van der Waals surface area contributed by atoms with Gasteiger partial charge in [0.15, 0.2) is 0 Å². The Hall–Kier alpha value is -1.65. The largest absolute Gasteiger partial charge is 0.365 e. The number of hydrogen-bond donors (Lipinski definition) is 1. The molecule has 0 saturated heterocycles. The lowest BCUT2D eigenvalue weighted by Gasteiger charge is -2.19. The summed E-state index contributed by atoms with van der Waals surface area (Å²) < 4.78 is 12.8. The average Bonchev–Trinajstić information content (AvgIpc) is 2.16. The van der Waals surface area contributed by atoms with E-state index in [9.17, 15) is 9.18 Å². The van der Waals surface area contributed by atoms with Crippen molar-refractivity contribution in [1.82, 2.24) is 10.3 Å². The van der Waals surface area contributed by atoms with E-state index in [2.05, 4.69) is 10.3 Å². The minimum atomic E-state index is -0.548. The second-order valence-corrected chi connectivity index (χ2v) is 3.92. The fourth-order valence-electron chi connectivity index (χ4n) is 1.30. The highest BCUT2D eigenvalue weighted by atomic mass is 19.1. The van der Waals surface area contributed by atoms with Crippen LogP contribution < -0.4 is 10.2 Å². The Morgan fingerprint density at radius 3 is 2.88 bits per heavy atom. The van der Waals surface area contributed by atoms with Gasteiger partial charge in [-0.15, -0.1) is 0 Å². The van der Waals surface area contributed by atoms with Crippen LogP contribution in [0.5, 0.6) is 0 Å². The van der Waals surface area contributed by atoms with Gasteiger partial charge in [-0.2, -0.15) is 4.39 Å². The summed E-state index contributed by atoms with van der Waals surface area (Å²) in [6.07, 6.45) is 1.38. The summed E-state index contributed by atoms with van der Waals surface area (Å²) in [5, 5.41) is 2.77. The summed E-state index contributed by atoms with van der Waals surface area (Å²) in [5.74, 6) is -0.636. The van der Waals surface area contributed by atoms with E-state index in [0.29, 0.717) is 5.69 Å². The van der Waals surface area contributed by atoms with Gasteiger partial charge in [0.1, 0.15) is 0 Å². The topological polar surface area (TPSA) is 45.2 Å². The van der Waals surface area contributed by atoms with Crippen LogP contribution in [0.4, 0.5) is 10.1 Å². The van der Waals surface area contributed by atoms with Crippen LogP contribution in [0.1, 0.15) is 13.8 Å². The molecule has 88 valence electrons. The first-order chi connectivity index (χ1) is 7.49. The average molecular weight is 225 g/mol. The third-order valence-electron chi connectivity index (χ3n) is 1.98. The number of amides is 1. The van der Waals surface area contributed by atoms with Crippen LogP contribution in [-0.4, -0.2) is 30.5 Å². The van der Waals surface area contributed by atoms with Crippen LogP contribution in [0.15, 0.2) is 18.3 Å². The molecule has 0 unspecified atom stereocenters. The SMILES string of the molecule is CC(C)NC(=O)CN(C)c1ccnc(F)c1. The van der Waals surface area contributed by atoms with Gasteiger partial charge < -0.3 is 10.2 Å². The van der Waals surface area contributed by atoms with E-state index < -0.39 is 5.95 Å². The van der Waals surface area contributed by atoms with Crippen molar-refractivity contribution in [2.75, 3.05) is 18.5 Å². The summed E-state index contributed by atoms with van der Waals surface area (Å²) in [4.78, 5) is 16.6. The van der Waals surface area contributed by atoms with Gasteiger partial charge in [0, 0.05) is 31.0 Å². The van der Waals surface area contributed by atoms with Crippen LogP contribution >= 0.6 is 0 Å². The highest BCUT2D eigenvalue weighted by Crippen LogP contribution is 2.11. The number of likely N-dealkylation sites (N-methyl/N-ethyl adjacent to an activating group) is 1. The zero-order valence-electron chi connectivity index (χ0n) is 9.70. The van der Waals surface area contributed by atoms with Crippen molar-refractivity contribution in [2.24, 2.45) is 0 Å². The number of anilines is 1. The standard InChI is InChI=1S/C11H16FN3O/c1-8(2)14-11(16)7-15(3)9-4-5-13-10(12)6-9/h4-6,8H,7H2,1-3H3,(H,14,16). The molecule has 0 bridgehead atoms. The van der Waals surface area contributed by atoms with Gasteiger partial charge >= 0.3 is 0 Å². The number of rotatable bonds is 4. The second kappa shape index (κ2) is 5.44. The maximum absolute atomic E-state index is 12.8. The number of nitrogens with one attached hydrogen (secondary N) is 1. The van der Waals surface area contributed by atoms with E-state index in [4.69, 9.17) is 0 Å². The fourth-order valence-corrected chi connectivity index (χ4v) is 1.30. The molecule has 0 atom stereocenters. The molecule has 0 aliphatic carbocycles. The summed E-state index contributed by atoms with van der Waals surface area (Å²) in [6, 6.07) is 3.06. The second-order valence-electron chi connectivity index (χ2n) is 3.92. The van der Waals surface area contributed by atoms with Gasteiger partial charge in [0.05, 0.1) is 6.54 Å². The molecule has 0 aliphatic heterocycles. The zero-order chi connectivity index (χ0) is 12.1. The monoisotopic (exact) mass is 225 g/mol. The molecule has 1 N–H and O–H groups in total. The number of halogens is 1. The highest BCUT2D eigenvalue weighted by molar-refractivity contribution is 5.81. The van der Waals surface area contributed by atoms with E-state index in [-0.39, 0.29) is 18.5 Å². The Bertz CT molecular complexity index is 368. The van der Waals surface area contributed by atoms with Crippen molar-refractivity contribution in [1.29, 1.82) is 0 Å². The van der Waals surface area contributed by atoms with Crippen LogP contribution in [0.3, 0.4) is 0 Å². The summed E-state index contributed by atoms with van der Waals surface area (Å²) >= 11 is 0. The third-order valence-corrected chi connectivity index (χ3v) is 1.98. The van der Waals surface area contributed by atoms with E-state index in [1.54, 1.807) is 18.0 Å². The lowest BCUT2D eigenvalue weighted by Crippen LogP contribution is -2.38. The Kier molecular flexibility index (Phi) is 4.22. The number of pyridine rings is 1. The number of carbonyl (C=O) groups is 1. The van der Waals surface area contributed by atoms with Crippen LogP contribution in [0.2, 0.25) is 0 Å². The zero-order valence-corrected chi connectivity index (χ0v) is 9.70. The normalized spacial score (nSPS) is 10.3. The molecule has 1 rings (SSSR count). The molecule has 0 spiro atoms. The lowest BCUT2D eigenvalue weighted by atomic mass is 10.3. The van der Waals surface area contributed by atoms with Crippen molar-refractivity contribution in [3.8, 4) is 0 Å². The van der Waals surface area contributed by atoms with Crippen LogP contribution in [-0.2, 0) is 4.79 Å². The fraction of sp³-hybridized carbons (Fsp3) is 0.455. The molecular weight excluding hydrogens is 209 g/mol. The van der Waals surface area contributed by atoms with Gasteiger partial charge in [-0.25, -0.2) is 4.98 Å². The summed E-state index contributed by atoms with van der Waals surface area (Å²) in [7, 11) is 1.73. The first kappa shape index (κ1) is 12.4. The van der Waals surface area contributed by atoms with Crippen molar-refractivity contribution < 1.29 is 9.18 Å². The quantitative estimate of drug-likeness (QED) is 0.783. The number of nitrogens with zero attached hydrogens (tertiary/aromatic N) is 2. The summed E-state index contributed by atoms with van der Waals surface area (Å²) in [6.45, 7) is 3.98. The molecule has 0 aromatic carbocycles. The first-order valence-electron chi connectivity index (χ1n) is 5.11. The van der Waals surface area contributed by atoms with E-state index in [1.165, 1.54) is 12.3 Å². The Balaban J connectivity index is 2.58. The first-order valence-corrected chi connectivity index (χ1v) is 5.11. The van der Waals surface area contributed by atoms with Gasteiger partial charge in [0.25, 0.3) is 0 Å². The van der Waals surface area contributed by atoms with Crippen molar-refractivity contribution in [3.05, 3.63) is 24.3 Å². The third kappa shape index (κ3) is 3.84. The molecule has 0 saturated carbocycles. The summed E-state index contributed by atoms with van der Waals surface area (Å²) in [5.41, 5.74) is 0.631. The van der Waals surface area contributed by atoms with Gasteiger partial charge in [-0.3, -0.25) is 4.79 Å². The van der Waals surface area contributed by atoms with Crippen LogP contribution in [0, 0.1) is 5.95 Å². The molecule has 1 amide bonds. The smallest absolute Gasteiger partial charge is 0.239 e. The van der Waals surface area contributed by atoms with Crippen molar-refractivity contribution in [3.63, 3.8) is 0 Å². The molecular formula is C11H16FN3O. The number of carbonyl (C=O) groups excluding carboxylic acids is 1. The molecule has 5 heteroatoms. The van der Waals surface area contributed by atoms with Gasteiger partial charge in [0.2, 0.25) is 11.9 Å². The van der Waals surface area contributed by atoms with E-state index in [0.717, 1.165) is 0 Å². The van der Waals surface area contributed by atoms with Crippen LogP contribution in [0.25, 0.3) is 0 Å². The number of hydrogen-bond acceptors (Lipinski definition) is 3. The molecule has 1 aromatic heterocycles. The van der Waals surface area contributed by atoms with E-state index in [1.807, 2.05) is 13.8 Å². The minimum absolute atomic E-state index is 0.0882.